The molecule has 0 fully saturated rings. The van der Waals surface area contributed by atoms with Gasteiger partial charge in [-0.05, 0) is 23.1 Å². The van der Waals surface area contributed by atoms with Crippen LogP contribution in [-0.2, 0) is 22.6 Å². The molecule has 0 bridgehead atoms. The molecule has 0 heterocycles. The Hall–Kier alpha value is -4.33. The van der Waals surface area contributed by atoms with E-state index in [2.05, 4.69) is 10.0 Å². The highest BCUT2D eigenvalue weighted by Gasteiger charge is 2.50. The molecule has 180 valence electrons. The van der Waals surface area contributed by atoms with Crippen molar-refractivity contribution in [3.63, 3.8) is 0 Å². The molecule has 0 aliphatic rings. The monoisotopic (exact) mass is 474 g/mol. The van der Waals surface area contributed by atoms with E-state index < -0.39 is 23.8 Å². The zero-order valence-corrected chi connectivity index (χ0v) is 19.0. The van der Waals surface area contributed by atoms with E-state index in [1.807, 2.05) is 6.07 Å². The highest BCUT2D eigenvalue weighted by Crippen LogP contribution is 2.34. The number of rotatable bonds is 11. The number of azide groups is 1. The topological polar surface area (TPSA) is 136 Å². The van der Waals surface area contributed by atoms with Gasteiger partial charge in [0.1, 0.15) is 6.61 Å². The summed E-state index contributed by atoms with van der Waals surface area (Å²) in [6.45, 7) is -0.325. The van der Waals surface area contributed by atoms with Gasteiger partial charge < -0.3 is 14.9 Å². The van der Waals surface area contributed by atoms with Crippen molar-refractivity contribution in [3.8, 4) is 0 Å². The molecule has 3 aromatic carbocycles. The van der Waals surface area contributed by atoms with Crippen molar-refractivity contribution in [2.45, 2.75) is 31.2 Å². The molecular weight excluding hydrogens is 448 g/mol. The van der Waals surface area contributed by atoms with E-state index in [-0.39, 0.29) is 26.0 Å². The van der Waals surface area contributed by atoms with E-state index in [9.17, 15) is 19.8 Å². The van der Waals surface area contributed by atoms with E-state index in [0.717, 1.165) is 4.90 Å². The number of aliphatic hydroxyl groups is 1. The predicted octanol–water partition coefficient (Wildman–Crippen LogP) is 5.08. The third-order valence-electron chi connectivity index (χ3n) is 5.63. The van der Waals surface area contributed by atoms with Crippen LogP contribution in [0.2, 0.25) is 0 Å². The predicted molar refractivity (Wildman–Crippen MR) is 129 cm³/mol. The van der Waals surface area contributed by atoms with E-state index in [1.54, 1.807) is 84.9 Å². The van der Waals surface area contributed by atoms with Crippen molar-refractivity contribution in [1.82, 2.24) is 4.90 Å². The van der Waals surface area contributed by atoms with Gasteiger partial charge in [-0.25, -0.2) is 9.59 Å². The fourth-order valence-corrected chi connectivity index (χ4v) is 3.86. The molecule has 9 nitrogen and oxygen atoms in total. The van der Waals surface area contributed by atoms with Gasteiger partial charge in [0.15, 0.2) is 11.8 Å². The largest absolute Gasteiger partial charge is 0.479 e. The minimum Gasteiger partial charge on any atom is -0.479 e. The number of aliphatic carboxylic acids is 1. The van der Waals surface area contributed by atoms with Gasteiger partial charge in [-0.3, -0.25) is 4.90 Å². The number of aliphatic hydroxyl groups excluding tert-OH is 1. The lowest BCUT2D eigenvalue weighted by Gasteiger charge is -2.42. The molecule has 2 N–H and O–H groups in total. The molecule has 1 amide bonds. The highest BCUT2D eigenvalue weighted by atomic mass is 16.6. The van der Waals surface area contributed by atoms with Crippen LogP contribution in [0.1, 0.15) is 29.3 Å². The normalized spacial score (nSPS) is 13.1. The number of hydrogen-bond acceptors (Lipinski definition) is 5. The lowest BCUT2D eigenvalue weighted by molar-refractivity contribution is -0.159. The van der Waals surface area contributed by atoms with Gasteiger partial charge in [-0.1, -0.05) is 96.1 Å². The molecule has 35 heavy (non-hydrogen) atoms. The second-order valence-corrected chi connectivity index (χ2v) is 7.90. The van der Waals surface area contributed by atoms with Crippen LogP contribution in [0.25, 0.3) is 10.4 Å². The molecule has 0 aliphatic heterocycles. The summed E-state index contributed by atoms with van der Waals surface area (Å²) >= 11 is 0. The maximum atomic E-state index is 13.5. The Morgan fingerprint density at radius 3 is 2.03 bits per heavy atom. The number of amides is 1. The summed E-state index contributed by atoms with van der Waals surface area (Å²) in [6, 6.07) is 25.9. The minimum atomic E-state index is -1.97. The fourth-order valence-electron chi connectivity index (χ4n) is 3.86. The summed E-state index contributed by atoms with van der Waals surface area (Å²) < 4.78 is 5.49. The molecule has 9 heteroatoms. The Morgan fingerprint density at radius 2 is 1.49 bits per heavy atom. The molecule has 0 aromatic heterocycles. The highest BCUT2D eigenvalue weighted by molar-refractivity contribution is 5.85. The van der Waals surface area contributed by atoms with Crippen LogP contribution in [-0.4, -0.2) is 39.3 Å². The van der Waals surface area contributed by atoms with Crippen LogP contribution in [0.5, 0.6) is 0 Å². The van der Waals surface area contributed by atoms with Crippen LogP contribution in [0.4, 0.5) is 4.79 Å². The van der Waals surface area contributed by atoms with Crippen molar-refractivity contribution < 1.29 is 24.5 Å². The Bertz CT molecular complexity index is 1150. The van der Waals surface area contributed by atoms with Crippen molar-refractivity contribution in [2.75, 3.05) is 6.54 Å². The standard InChI is InChI=1S/C26H26N4O5/c27-29-28-17-16-26(24(32)33,18-20-10-4-1-5-11-20)30(23(31)22-14-8-3-9-15-22)25(34)35-19-21-12-6-2-7-13-21/h1-15,23,31H,16-19H2,(H,32,33)/t23-,26-/m0/s1. The first kappa shape index (κ1) is 25.3. The number of carbonyl (C=O) groups excluding carboxylic acids is 1. The molecule has 0 unspecified atom stereocenters. The van der Waals surface area contributed by atoms with Gasteiger partial charge in [-0.15, -0.1) is 0 Å². The number of carboxylic acids is 1. The summed E-state index contributed by atoms with van der Waals surface area (Å²) in [6.07, 6.45) is -3.03. The maximum Gasteiger partial charge on any atom is 0.413 e. The van der Waals surface area contributed by atoms with Crippen LogP contribution >= 0.6 is 0 Å². The summed E-state index contributed by atoms with van der Waals surface area (Å²) in [5.74, 6) is -1.36. The zero-order chi connectivity index (χ0) is 25.1. The number of carbonyl (C=O) groups is 2. The van der Waals surface area contributed by atoms with E-state index in [4.69, 9.17) is 10.3 Å². The van der Waals surface area contributed by atoms with E-state index >= 15 is 0 Å². The third kappa shape index (κ3) is 6.38. The summed E-state index contributed by atoms with van der Waals surface area (Å²) in [5.41, 5.74) is 8.46. The van der Waals surface area contributed by atoms with Crippen LogP contribution in [0.15, 0.2) is 96.1 Å². The maximum absolute atomic E-state index is 13.5. The second-order valence-electron chi connectivity index (χ2n) is 7.90. The quantitative estimate of drug-likeness (QED) is 0.173. The number of ether oxygens (including phenoxy) is 1. The molecule has 3 aromatic rings. The van der Waals surface area contributed by atoms with Crippen LogP contribution < -0.4 is 0 Å². The molecular formula is C26H26N4O5. The lowest BCUT2D eigenvalue weighted by atomic mass is 9.85. The number of hydrogen-bond donors (Lipinski definition) is 2. The van der Waals surface area contributed by atoms with Crippen LogP contribution in [0, 0.1) is 0 Å². The van der Waals surface area contributed by atoms with Gasteiger partial charge in [0, 0.05) is 23.4 Å². The summed E-state index contributed by atoms with van der Waals surface area (Å²) in [7, 11) is 0. The minimum absolute atomic E-state index is 0.116. The average molecular weight is 475 g/mol. The van der Waals surface area contributed by atoms with Crippen molar-refractivity contribution in [3.05, 3.63) is 118 Å². The Kier molecular flexibility index (Phi) is 8.83. The van der Waals surface area contributed by atoms with Gasteiger partial charge >= 0.3 is 12.1 Å². The molecule has 0 saturated heterocycles. The first-order valence-electron chi connectivity index (χ1n) is 11.0. The zero-order valence-electron chi connectivity index (χ0n) is 19.0. The van der Waals surface area contributed by atoms with Gasteiger partial charge in [0.25, 0.3) is 0 Å². The Balaban J connectivity index is 2.08. The van der Waals surface area contributed by atoms with Crippen molar-refractivity contribution in [1.29, 1.82) is 0 Å². The fraction of sp³-hybridized carbons (Fsp3) is 0.231. The molecule has 0 spiro atoms. The Morgan fingerprint density at radius 1 is 0.943 bits per heavy atom. The number of carboxylic acid groups (broad SMARTS) is 1. The summed E-state index contributed by atoms with van der Waals surface area (Å²) in [5, 5.41) is 25.3. The van der Waals surface area contributed by atoms with Gasteiger partial charge in [0.2, 0.25) is 0 Å². The van der Waals surface area contributed by atoms with E-state index in [1.165, 1.54) is 0 Å². The first-order valence-corrected chi connectivity index (χ1v) is 11.0. The molecule has 0 saturated carbocycles. The average Bonchev–Trinajstić information content (AvgIpc) is 2.89. The van der Waals surface area contributed by atoms with Crippen LogP contribution in [0.3, 0.4) is 0 Å². The number of benzene rings is 3. The SMILES string of the molecule is [N-]=[N+]=NCC[C@](Cc1ccccc1)(C(=O)O)N(C(=O)OCc1ccccc1)[C@@H](O)c1ccccc1. The smallest absolute Gasteiger partial charge is 0.413 e. The van der Waals surface area contributed by atoms with Crippen molar-refractivity contribution in [2.24, 2.45) is 5.11 Å². The van der Waals surface area contributed by atoms with Gasteiger partial charge in [-0.2, -0.15) is 0 Å². The molecule has 0 radical (unpaired) electrons. The Labute approximate surface area is 202 Å². The van der Waals surface area contributed by atoms with Crippen molar-refractivity contribution >= 4 is 12.1 Å². The number of nitrogens with zero attached hydrogens (tertiary/aromatic N) is 4. The molecule has 2 atom stereocenters. The second kappa shape index (κ2) is 12.2. The first-order chi connectivity index (χ1) is 17.0. The molecule has 0 aliphatic carbocycles. The van der Waals surface area contributed by atoms with E-state index in [0.29, 0.717) is 16.7 Å². The third-order valence-corrected chi connectivity index (χ3v) is 5.63. The molecule has 3 rings (SSSR count). The summed E-state index contributed by atoms with van der Waals surface area (Å²) in [4.78, 5) is 29.9. The van der Waals surface area contributed by atoms with Gasteiger partial charge in [0.05, 0.1) is 0 Å². The lowest BCUT2D eigenvalue weighted by Crippen LogP contribution is -2.60.